The fourth-order valence-corrected chi connectivity index (χ4v) is 8.42. The summed E-state index contributed by atoms with van der Waals surface area (Å²) in [7, 11) is 0.977. The number of fused-ring (bicyclic) bond motifs is 5. The molecule has 3 saturated carbocycles. The molecule has 4 unspecified atom stereocenters. The number of ketones is 1. The van der Waals surface area contributed by atoms with Crippen LogP contribution in [0.5, 0.6) is 0 Å². The molecule has 7 heteroatoms. The smallest absolute Gasteiger partial charge is 0.299 e. The molecule has 7 atom stereocenters. The van der Waals surface area contributed by atoms with E-state index in [0.717, 1.165) is 44.9 Å². The Labute approximate surface area is 181 Å². The van der Waals surface area contributed by atoms with Crippen LogP contribution in [0.4, 0.5) is 0 Å². The summed E-state index contributed by atoms with van der Waals surface area (Å²) in [5.74, 6) is 2.19. The predicted molar refractivity (Wildman–Crippen MR) is 115 cm³/mol. The molecule has 0 spiro atoms. The van der Waals surface area contributed by atoms with E-state index in [1.54, 1.807) is 21.1 Å². The standard InChI is InChI=1S/C23H38NO5P/c1-22-13-11-17(28-30(26,27)29-24(3,4)5)15-16(22)9-10-18-19-7-6-8-21(25)23(19,2)14-12-20(18)22/h9,17-20H,6-8,10-15H2,1-5H3/p+1/t17-,18?,19?,20?,22-,23-/m0/s1. The maximum atomic E-state index is 12.8. The Morgan fingerprint density at radius 1 is 1.10 bits per heavy atom. The molecular weight excluding hydrogens is 401 g/mol. The number of hydrogen-bond donors (Lipinski definition) is 1. The van der Waals surface area contributed by atoms with Gasteiger partial charge in [0.15, 0.2) is 0 Å². The van der Waals surface area contributed by atoms with Crippen LogP contribution in [-0.4, -0.2) is 42.6 Å². The summed E-state index contributed by atoms with van der Waals surface area (Å²) >= 11 is 0. The van der Waals surface area contributed by atoms with Gasteiger partial charge >= 0.3 is 7.82 Å². The third-order valence-corrected chi connectivity index (χ3v) is 9.90. The molecule has 4 rings (SSSR count). The second-order valence-electron chi connectivity index (χ2n) is 11.4. The molecule has 6 nitrogen and oxygen atoms in total. The number of rotatable bonds is 4. The van der Waals surface area contributed by atoms with Crippen LogP contribution in [0.25, 0.3) is 0 Å². The number of hydroxylamine groups is 3. The summed E-state index contributed by atoms with van der Waals surface area (Å²) < 4.78 is 23.2. The van der Waals surface area contributed by atoms with Gasteiger partial charge in [0, 0.05) is 11.8 Å². The quantitative estimate of drug-likeness (QED) is 0.287. The van der Waals surface area contributed by atoms with Gasteiger partial charge in [0.25, 0.3) is 0 Å². The normalized spacial score (nSPS) is 43.7. The fraction of sp³-hybridized carbons (Fsp3) is 0.870. The van der Waals surface area contributed by atoms with E-state index in [0.29, 0.717) is 30.0 Å². The zero-order valence-corrected chi connectivity index (χ0v) is 20.1. The van der Waals surface area contributed by atoms with Gasteiger partial charge in [0.2, 0.25) is 0 Å². The highest BCUT2D eigenvalue weighted by atomic mass is 31.2. The fourth-order valence-electron chi connectivity index (χ4n) is 7.20. The van der Waals surface area contributed by atoms with Crippen molar-refractivity contribution in [2.75, 3.05) is 21.1 Å². The average Bonchev–Trinajstić information content (AvgIpc) is 2.60. The van der Waals surface area contributed by atoms with Crippen molar-refractivity contribution >= 4 is 13.6 Å². The van der Waals surface area contributed by atoms with E-state index in [9.17, 15) is 14.3 Å². The summed E-state index contributed by atoms with van der Waals surface area (Å²) in [4.78, 5) is 22.9. The third-order valence-electron chi connectivity index (χ3n) is 8.63. The molecule has 0 aromatic rings. The number of quaternary nitrogens is 1. The Balaban J connectivity index is 1.51. The molecule has 3 fully saturated rings. The summed E-state index contributed by atoms with van der Waals surface area (Å²) in [5, 5.41) is 0. The van der Waals surface area contributed by atoms with Crippen molar-refractivity contribution in [3.8, 4) is 0 Å². The Morgan fingerprint density at radius 3 is 2.47 bits per heavy atom. The van der Waals surface area contributed by atoms with E-state index in [2.05, 4.69) is 19.9 Å². The molecule has 0 aromatic carbocycles. The number of hydrogen-bond acceptors (Lipinski definition) is 4. The molecule has 4 aliphatic carbocycles. The molecule has 30 heavy (non-hydrogen) atoms. The largest absolute Gasteiger partial charge is 0.518 e. The van der Waals surface area contributed by atoms with E-state index < -0.39 is 7.82 Å². The molecule has 0 radical (unpaired) electrons. The first-order valence-corrected chi connectivity index (χ1v) is 13.1. The van der Waals surface area contributed by atoms with Crippen LogP contribution in [0.15, 0.2) is 11.6 Å². The number of allylic oxidation sites excluding steroid dienone is 1. The second kappa shape index (κ2) is 7.52. The number of carbonyl (C=O) groups excluding carboxylic acids is 1. The van der Waals surface area contributed by atoms with Crippen molar-refractivity contribution in [1.29, 1.82) is 0 Å². The van der Waals surface area contributed by atoms with Gasteiger partial charge in [-0.05, 0) is 74.5 Å². The average molecular weight is 441 g/mol. The van der Waals surface area contributed by atoms with Gasteiger partial charge in [-0.3, -0.25) is 14.2 Å². The van der Waals surface area contributed by atoms with Crippen LogP contribution in [0.3, 0.4) is 0 Å². The summed E-state index contributed by atoms with van der Waals surface area (Å²) in [6, 6.07) is 0. The topological polar surface area (TPSA) is 72.8 Å². The van der Waals surface area contributed by atoms with E-state index in [1.807, 2.05) is 0 Å². The first-order chi connectivity index (χ1) is 13.8. The molecule has 4 aliphatic rings. The third kappa shape index (κ3) is 3.99. The zero-order chi connectivity index (χ0) is 21.9. The van der Waals surface area contributed by atoms with Crippen LogP contribution >= 0.6 is 7.82 Å². The Hall–Kier alpha value is -0.520. The first kappa shape index (κ1) is 22.7. The SMILES string of the molecule is C[C@]12CC[C@H](OP(=O)(O)O[N+](C)(C)C)CC1=CCC1C2CC[C@]2(C)C(=O)CCCC12. The lowest BCUT2D eigenvalue weighted by molar-refractivity contribution is -1.04. The first-order valence-electron chi connectivity index (χ1n) is 11.6. The minimum Gasteiger partial charge on any atom is -0.299 e. The number of nitrogens with zero attached hydrogens (tertiary/aromatic N) is 1. The van der Waals surface area contributed by atoms with E-state index in [-0.39, 0.29) is 21.6 Å². The van der Waals surface area contributed by atoms with Gasteiger partial charge in [-0.1, -0.05) is 30.1 Å². The Morgan fingerprint density at radius 2 is 1.77 bits per heavy atom. The lowest BCUT2D eigenvalue weighted by atomic mass is 9.45. The molecule has 1 N–H and O–H groups in total. The van der Waals surface area contributed by atoms with Gasteiger partial charge in [-0.2, -0.15) is 4.65 Å². The lowest BCUT2D eigenvalue weighted by Gasteiger charge is -2.59. The van der Waals surface area contributed by atoms with Crippen LogP contribution in [0.2, 0.25) is 0 Å². The van der Waals surface area contributed by atoms with E-state index in [4.69, 9.17) is 9.15 Å². The molecule has 0 aromatic heterocycles. The summed E-state index contributed by atoms with van der Waals surface area (Å²) in [6.45, 7) is 4.62. The molecule has 0 heterocycles. The molecule has 170 valence electrons. The van der Waals surface area contributed by atoms with Crippen molar-refractivity contribution in [2.24, 2.45) is 28.6 Å². The molecular formula is C23H39NO5P+. The highest BCUT2D eigenvalue weighted by molar-refractivity contribution is 7.47. The highest BCUT2D eigenvalue weighted by Crippen LogP contribution is 2.64. The van der Waals surface area contributed by atoms with Crippen LogP contribution in [-0.2, 0) is 18.5 Å². The number of phosphoric ester groups is 1. The van der Waals surface area contributed by atoms with Gasteiger partial charge < -0.3 is 0 Å². The predicted octanol–water partition coefficient (Wildman–Crippen LogP) is 5.03. The number of carbonyl (C=O) groups is 1. The molecule has 0 bridgehead atoms. The van der Waals surface area contributed by atoms with Gasteiger partial charge in [-0.25, -0.2) is 4.57 Å². The monoisotopic (exact) mass is 440 g/mol. The van der Waals surface area contributed by atoms with E-state index in [1.165, 1.54) is 12.0 Å². The van der Waals surface area contributed by atoms with Gasteiger partial charge in [0.05, 0.1) is 27.2 Å². The van der Waals surface area contributed by atoms with Crippen molar-refractivity contribution < 1.29 is 28.0 Å². The lowest BCUT2D eigenvalue weighted by Crippen LogP contribution is -2.54. The number of Topliss-reactive ketones (excluding diaryl/α,β-unsaturated/α-hetero) is 1. The summed E-state index contributed by atoms with van der Waals surface area (Å²) in [6.07, 6.45) is 10.7. The number of phosphoric acid groups is 1. The highest BCUT2D eigenvalue weighted by Gasteiger charge is 2.57. The van der Waals surface area contributed by atoms with Crippen LogP contribution in [0, 0.1) is 28.6 Å². The van der Waals surface area contributed by atoms with Crippen LogP contribution < -0.4 is 0 Å². The maximum Gasteiger partial charge on any atom is 0.518 e. The Bertz CT molecular complexity index is 789. The van der Waals surface area contributed by atoms with Gasteiger partial charge in [0.1, 0.15) is 5.78 Å². The van der Waals surface area contributed by atoms with Gasteiger partial charge in [-0.15, -0.1) is 0 Å². The maximum absolute atomic E-state index is 12.8. The second-order valence-corrected chi connectivity index (χ2v) is 12.8. The molecule has 0 aliphatic heterocycles. The van der Waals surface area contributed by atoms with Crippen molar-refractivity contribution in [2.45, 2.75) is 77.7 Å². The van der Waals surface area contributed by atoms with E-state index >= 15 is 0 Å². The minimum absolute atomic E-state index is 0.0798. The van der Waals surface area contributed by atoms with Crippen molar-refractivity contribution in [1.82, 2.24) is 0 Å². The van der Waals surface area contributed by atoms with Crippen molar-refractivity contribution in [3.05, 3.63) is 11.6 Å². The zero-order valence-electron chi connectivity index (χ0n) is 19.2. The molecule has 0 amide bonds. The Kier molecular flexibility index (Phi) is 5.68. The molecule has 0 saturated heterocycles. The summed E-state index contributed by atoms with van der Waals surface area (Å²) in [5.41, 5.74) is 1.38. The van der Waals surface area contributed by atoms with Crippen molar-refractivity contribution in [3.63, 3.8) is 0 Å². The minimum atomic E-state index is -4.11. The van der Waals surface area contributed by atoms with Crippen LogP contribution in [0.1, 0.15) is 71.6 Å².